The van der Waals surface area contributed by atoms with Crippen molar-refractivity contribution in [2.45, 2.75) is 13.2 Å². The third-order valence-corrected chi connectivity index (χ3v) is 3.56. The number of hydrogen-bond acceptors (Lipinski definition) is 6. The third kappa shape index (κ3) is 2.70. The molecule has 1 unspecified atom stereocenters. The van der Waals surface area contributed by atoms with Gasteiger partial charge in [-0.3, -0.25) is 9.69 Å². The molecular weight excluding hydrogens is 307 g/mol. The zero-order valence-electron chi connectivity index (χ0n) is 12.4. The van der Waals surface area contributed by atoms with E-state index >= 15 is 0 Å². The Balaban J connectivity index is 1.84. The van der Waals surface area contributed by atoms with E-state index in [4.69, 9.17) is 4.74 Å². The van der Waals surface area contributed by atoms with E-state index in [1.807, 2.05) is 0 Å². The van der Waals surface area contributed by atoms with Gasteiger partial charge in [-0.2, -0.15) is 4.68 Å². The van der Waals surface area contributed by atoms with Crippen LogP contribution in [0.5, 0.6) is 0 Å². The van der Waals surface area contributed by atoms with Crippen molar-refractivity contribution in [3.8, 4) is 5.69 Å². The fraction of sp³-hybridized carbons (Fsp3) is 0.308. The summed E-state index contributed by atoms with van der Waals surface area (Å²) < 4.78 is 20.5. The van der Waals surface area contributed by atoms with E-state index in [1.165, 1.54) is 46.9 Å². The summed E-state index contributed by atoms with van der Waals surface area (Å²) in [4.78, 5) is 25.9. The number of cyclic esters (lactones) is 1. The average molecular weight is 320 g/mol. The van der Waals surface area contributed by atoms with Gasteiger partial charge in [0.15, 0.2) is 12.0 Å². The number of nitrogens with zero attached hydrogens (tertiary/aromatic N) is 6. The minimum absolute atomic E-state index is 0.124. The third-order valence-electron chi connectivity index (χ3n) is 3.56. The summed E-state index contributed by atoms with van der Waals surface area (Å²) in [5.74, 6) is -0.823. The highest BCUT2D eigenvalue weighted by atomic mass is 19.1. The van der Waals surface area contributed by atoms with Gasteiger partial charge in [0.2, 0.25) is 5.91 Å². The molecule has 1 aromatic carbocycles. The molecule has 2 aromatic rings. The SMILES string of the molecule is CC(=O)N(C)C1CN(c2ccc(-n3cnnn3)c(F)c2)C(=O)O1. The van der Waals surface area contributed by atoms with Crippen molar-refractivity contribution in [2.75, 3.05) is 18.5 Å². The van der Waals surface area contributed by atoms with Crippen LogP contribution in [0.2, 0.25) is 0 Å². The Hall–Kier alpha value is -3.04. The Kier molecular flexibility index (Phi) is 3.64. The van der Waals surface area contributed by atoms with Crippen LogP contribution >= 0.6 is 0 Å². The number of halogens is 1. The molecule has 3 rings (SSSR count). The highest BCUT2D eigenvalue weighted by Gasteiger charge is 2.36. The van der Waals surface area contributed by atoms with E-state index in [-0.39, 0.29) is 18.1 Å². The molecule has 2 heterocycles. The molecule has 1 aliphatic heterocycles. The van der Waals surface area contributed by atoms with Crippen molar-refractivity contribution in [2.24, 2.45) is 0 Å². The second-order valence-corrected chi connectivity index (χ2v) is 4.97. The summed E-state index contributed by atoms with van der Waals surface area (Å²) in [6, 6.07) is 4.20. The lowest BCUT2D eigenvalue weighted by molar-refractivity contribution is -0.134. The Morgan fingerprint density at radius 1 is 1.48 bits per heavy atom. The monoisotopic (exact) mass is 320 g/mol. The topological polar surface area (TPSA) is 93.5 Å². The molecule has 2 amide bonds. The maximum Gasteiger partial charge on any atom is 0.416 e. The molecule has 0 bridgehead atoms. The molecule has 120 valence electrons. The summed E-state index contributed by atoms with van der Waals surface area (Å²) in [5.41, 5.74) is 0.479. The molecular formula is C13H13FN6O3. The van der Waals surface area contributed by atoms with Crippen LogP contribution in [0, 0.1) is 5.82 Å². The zero-order chi connectivity index (χ0) is 16.6. The van der Waals surface area contributed by atoms with Crippen molar-refractivity contribution < 1.29 is 18.7 Å². The Morgan fingerprint density at radius 2 is 2.26 bits per heavy atom. The second-order valence-electron chi connectivity index (χ2n) is 4.97. The predicted molar refractivity (Wildman–Crippen MR) is 75.2 cm³/mol. The number of tetrazole rings is 1. The van der Waals surface area contributed by atoms with E-state index < -0.39 is 18.1 Å². The highest BCUT2D eigenvalue weighted by Crippen LogP contribution is 2.25. The molecule has 1 atom stereocenters. The predicted octanol–water partition coefficient (Wildman–Crippen LogP) is 0.562. The van der Waals surface area contributed by atoms with Crippen molar-refractivity contribution in [3.05, 3.63) is 30.3 Å². The van der Waals surface area contributed by atoms with Crippen molar-refractivity contribution in [3.63, 3.8) is 0 Å². The van der Waals surface area contributed by atoms with E-state index in [0.29, 0.717) is 5.69 Å². The highest BCUT2D eigenvalue weighted by molar-refractivity contribution is 5.90. The van der Waals surface area contributed by atoms with Crippen molar-refractivity contribution >= 4 is 17.7 Å². The van der Waals surface area contributed by atoms with Gasteiger partial charge in [-0.05, 0) is 28.6 Å². The van der Waals surface area contributed by atoms with Crippen LogP contribution < -0.4 is 4.90 Å². The number of rotatable bonds is 3. The minimum atomic E-state index is -0.706. The van der Waals surface area contributed by atoms with Gasteiger partial charge in [-0.15, -0.1) is 5.10 Å². The zero-order valence-corrected chi connectivity index (χ0v) is 12.4. The molecule has 1 aromatic heterocycles. The number of benzene rings is 1. The number of hydrogen-bond donors (Lipinski definition) is 0. The molecule has 10 heteroatoms. The molecule has 9 nitrogen and oxygen atoms in total. The van der Waals surface area contributed by atoms with Gasteiger partial charge < -0.3 is 9.64 Å². The number of ether oxygens (including phenoxy) is 1. The van der Waals surface area contributed by atoms with Crippen molar-refractivity contribution in [1.82, 2.24) is 25.1 Å². The number of anilines is 1. The normalized spacial score (nSPS) is 17.3. The van der Waals surface area contributed by atoms with E-state index in [1.54, 1.807) is 6.07 Å². The molecule has 23 heavy (non-hydrogen) atoms. The van der Waals surface area contributed by atoms with Crippen LogP contribution in [0.15, 0.2) is 24.5 Å². The van der Waals surface area contributed by atoms with E-state index in [9.17, 15) is 14.0 Å². The maximum absolute atomic E-state index is 14.2. The summed E-state index contributed by atoms with van der Waals surface area (Å²) in [6.45, 7) is 1.50. The average Bonchev–Trinajstić information content (AvgIpc) is 3.15. The van der Waals surface area contributed by atoms with Gasteiger partial charge in [0.1, 0.15) is 12.0 Å². The molecule has 1 saturated heterocycles. The summed E-state index contributed by atoms with van der Waals surface area (Å²) in [6.07, 6.45) is -0.0833. The second kappa shape index (κ2) is 5.63. The molecule has 0 aliphatic carbocycles. The van der Waals surface area contributed by atoms with Crippen LogP contribution in [0.3, 0.4) is 0 Å². The Morgan fingerprint density at radius 3 is 2.87 bits per heavy atom. The standard InChI is InChI=1S/C13H13FN6O3/c1-8(21)18(2)12-6-19(13(22)23-12)9-3-4-11(10(14)5-9)20-7-15-16-17-20/h3-5,7,12H,6H2,1-2H3. The first kappa shape index (κ1) is 14.9. The summed E-state index contributed by atoms with van der Waals surface area (Å²) in [5, 5.41) is 10.5. The van der Waals surface area contributed by atoms with Crippen LogP contribution in [0.4, 0.5) is 14.9 Å². The summed E-state index contributed by atoms with van der Waals surface area (Å²) in [7, 11) is 1.53. The maximum atomic E-state index is 14.2. The Bertz CT molecular complexity index is 750. The quantitative estimate of drug-likeness (QED) is 0.820. The molecule has 0 spiro atoms. The van der Waals surface area contributed by atoms with Crippen molar-refractivity contribution in [1.29, 1.82) is 0 Å². The lowest BCUT2D eigenvalue weighted by Gasteiger charge is -2.20. The smallest absolute Gasteiger partial charge is 0.416 e. The fourth-order valence-corrected chi connectivity index (χ4v) is 2.18. The number of aromatic nitrogens is 4. The van der Waals surface area contributed by atoms with E-state index in [2.05, 4.69) is 15.5 Å². The first-order chi connectivity index (χ1) is 11.0. The van der Waals surface area contributed by atoms with Crippen LogP contribution in [-0.4, -0.2) is 56.9 Å². The molecule has 1 aliphatic rings. The number of carbonyl (C=O) groups excluding carboxylic acids is 2. The number of likely N-dealkylation sites (N-methyl/N-ethyl adjacent to an activating group) is 1. The lowest BCUT2D eigenvalue weighted by Crippen LogP contribution is -2.38. The first-order valence-electron chi connectivity index (χ1n) is 6.72. The Labute approximate surface area is 130 Å². The largest absolute Gasteiger partial charge is 0.423 e. The number of carbonyl (C=O) groups is 2. The van der Waals surface area contributed by atoms with Gasteiger partial charge in [-0.1, -0.05) is 0 Å². The molecule has 0 saturated carbocycles. The van der Waals surface area contributed by atoms with Gasteiger partial charge in [0.05, 0.1) is 12.2 Å². The summed E-state index contributed by atoms with van der Waals surface area (Å²) >= 11 is 0. The molecule has 0 N–H and O–H groups in total. The molecule has 0 radical (unpaired) electrons. The van der Waals surface area contributed by atoms with Crippen LogP contribution in [0.1, 0.15) is 6.92 Å². The lowest BCUT2D eigenvalue weighted by atomic mass is 10.2. The minimum Gasteiger partial charge on any atom is -0.423 e. The fourth-order valence-electron chi connectivity index (χ4n) is 2.18. The van der Waals surface area contributed by atoms with Gasteiger partial charge in [0, 0.05) is 14.0 Å². The van der Waals surface area contributed by atoms with Gasteiger partial charge in [0.25, 0.3) is 0 Å². The number of amides is 2. The van der Waals surface area contributed by atoms with E-state index in [0.717, 1.165) is 0 Å². The van der Waals surface area contributed by atoms with Gasteiger partial charge in [-0.25, -0.2) is 9.18 Å². The molecule has 1 fully saturated rings. The first-order valence-corrected chi connectivity index (χ1v) is 6.72. The van der Waals surface area contributed by atoms with Crippen LogP contribution in [0.25, 0.3) is 5.69 Å². The van der Waals surface area contributed by atoms with Gasteiger partial charge >= 0.3 is 6.09 Å². The van der Waals surface area contributed by atoms with Crippen LogP contribution in [-0.2, 0) is 9.53 Å².